The van der Waals surface area contributed by atoms with E-state index < -0.39 is 0 Å². The SMILES string of the molecule is COC(=O)CN[C@@H](c1ccccc1)c1cc(Br)ccc1NC(=O)c1ccc(Cl)cc1. The molecule has 0 saturated carbocycles. The summed E-state index contributed by atoms with van der Waals surface area (Å²) in [5, 5.41) is 6.76. The largest absolute Gasteiger partial charge is 0.468 e. The first-order valence-corrected chi connectivity index (χ1v) is 10.4. The molecule has 0 aliphatic heterocycles. The van der Waals surface area contributed by atoms with Crippen LogP contribution in [0.5, 0.6) is 0 Å². The van der Waals surface area contributed by atoms with Crippen molar-refractivity contribution in [3.05, 3.63) is 99.0 Å². The second kappa shape index (κ2) is 10.4. The van der Waals surface area contributed by atoms with E-state index in [9.17, 15) is 9.59 Å². The molecule has 30 heavy (non-hydrogen) atoms. The highest BCUT2D eigenvalue weighted by Gasteiger charge is 2.20. The highest BCUT2D eigenvalue weighted by molar-refractivity contribution is 9.10. The van der Waals surface area contributed by atoms with Crippen LogP contribution in [0.2, 0.25) is 5.02 Å². The number of carbonyl (C=O) groups is 2. The summed E-state index contributed by atoms with van der Waals surface area (Å²) in [6, 6.07) is 21.6. The molecule has 0 radical (unpaired) electrons. The number of rotatable bonds is 7. The first kappa shape index (κ1) is 22.0. The van der Waals surface area contributed by atoms with Gasteiger partial charge in [-0.3, -0.25) is 14.9 Å². The number of methoxy groups -OCH3 is 1. The predicted molar refractivity (Wildman–Crippen MR) is 122 cm³/mol. The average molecular weight is 488 g/mol. The van der Waals surface area contributed by atoms with Crippen molar-refractivity contribution < 1.29 is 14.3 Å². The quantitative estimate of drug-likeness (QED) is 0.449. The second-order valence-corrected chi connectivity index (χ2v) is 7.85. The topological polar surface area (TPSA) is 67.4 Å². The molecule has 1 atom stereocenters. The molecule has 0 fully saturated rings. The van der Waals surface area contributed by atoms with Gasteiger partial charge in [0.1, 0.15) is 0 Å². The van der Waals surface area contributed by atoms with E-state index in [0.29, 0.717) is 16.3 Å². The first-order valence-electron chi connectivity index (χ1n) is 9.19. The summed E-state index contributed by atoms with van der Waals surface area (Å²) in [6.07, 6.45) is 0. The Labute approximate surface area is 188 Å². The fourth-order valence-electron chi connectivity index (χ4n) is 2.99. The van der Waals surface area contributed by atoms with Crippen molar-refractivity contribution >= 4 is 45.1 Å². The number of hydrogen-bond donors (Lipinski definition) is 2. The number of hydrogen-bond acceptors (Lipinski definition) is 4. The van der Waals surface area contributed by atoms with Crippen LogP contribution < -0.4 is 10.6 Å². The number of halogens is 2. The molecule has 3 rings (SSSR count). The number of anilines is 1. The molecule has 0 saturated heterocycles. The van der Waals surface area contributed by atoms with Crippen LogP contribution in [0.25, 0.3) is 0 Å². The van der Waals surface area contributed by atoms with Crippen molar-refractivity contribution in [3.8, 4) is 0 Å². The Kier molecular flexibility index (Phi) is 7.63. The van der Waals surface area contributed by atoms with E-state index >= 15 is 0 Å². The second-order valence-electron chi connectivity index (χ2n) is 6.49. The normalized spacial score (nSPS) is 11.6. The fourth-order valence-corrected chi connectivity index (χ4v) is 3.50. The van der Waals surface area contributed by atoms with Crippen molar-refractivity contribution in [1.29, 1.82) is 0 Å². The van der Waals surface area contributed by atoms with Crippen molar-refractivity contribution in [1.82, 2.24) is 5.32 Å². The van der Waals surface area contributed by atoms with Gasteiger partial charge in [-0.2, -0.15) is 0 Å². The van der Waals surface area contributed by atoms with Gasteiger partial charge in [0.15, 0.2) is 0 Å². The molecule has 0 aliphatic rings. The zero-order chi connectivity index (χ0) is 21.5. The van der Waals surface area contributed by atoms with Gasteiger partial charge in [-0.1, -0.05) is 57.9 Å². The third-order valence-electron chi connectivity index (χ3n) is 4.49. The van der Waals surface area contributed by atoms with Crippen LogP contribution >= 0.6 is 27.5 Å². The van der Waals surface area contributed by atoms with E-state index in [1.54, 1.807) is 24.3 Å². The van der Waals surface area contributed by atoms with Crippen LogP contribution in [-0.2, 0) is 9.53 Å². The van der Waals surface area contributed by atoms with Crippen LogP contribution in [0.1, 0.15) is 27.5 Å². The third kappa shape index (κ3) is 5.69. The lowest BCUT2D eigenvalue weighted by Crippen LogP contribution is -2.30. The van der Waals surface area contributed by atoms with Crippen molar-refractivity contribution in [2.24, 2.45) is 0 Å². The van der Waals surface area contributed by atoms with Crippen LogP contribution in [0.3, 0.4) is 0 Å². The number of amides is 1. The monoisotopic (exact) mass is 486 g/mol. The first-order chi connectivity index (χ1) is 14.5. The molecule has 0 bridgehead atoms. The molecule has 1 amide bonds. The average Bonchev–Trinajstić information content (AvgIpc) is 2.76. The minimum atomic E-state index is -0.377. The highest BCUT2D eigenvalue weighted by Crippen LogP contribution is 2.31. The molecular weight excluding hydrogens is 468 g/mol. The van der Waals surface area contributed by atoms with Gasteiger partial charge in [0.05, 0.1) is 19.7 Å². The molecule has 2 N–H and O–H groups in total. The van der Waals surface area contributed by atoms with Crippen LogP contribution in [0.15, 0.2) is 77.3 Å². The van der Waals surface area contributed by atoms with E-state index in [-0.39, 0.29) is 24.5 Å². The highest BCUT2D eigenvalue weighted by atomic mass is 79.9. The summed E-state index contributed by atoms with van der Waals surface area (Å²) >= 11 is 9.42. The maximum absolute atomic E-state index is 12.8. The molecule has 3 aromatic rings. The molecule has 0 spiro atoms. The van der Waals surface area contributed by atoms with Gasteiger partial charge in [0, 0.05) is 20.7 Å². The van der Waals surface area contributed by atoms with Crippen LogP contribution in [0.4, 0.5) is 5.69 Å². The van der Waals surface area contributed by atoms with E-state index in [1.165, 1.54) is 7.11 Å². The van der Waals surface area contributed by atoms with E-state index in [1.807, 2.05) is 48.5 Å². The molecule has 5 nitrogen and oxygen atoms in total. The molecule has 0 aromatic heterocycles. The van der Waals surface area contributed by atoms with Gasteiger partial charge in [-0.05, 0) is 53.6 Å². The van der Waals surface area contributed by atoms with Gasteiger partial charge in [0.2, 0.25) is 0 Å². The van der Waals surface area contributed by atoms with E-state index in [0.717, 1.165) is 15.6 Å². The van der Waals surface area contributed by atoms with Crippen LogP contribution in [-0.4, -0.2) is 25.5 Å². The fraction of sp³-hybridized carbons (Fsp3) is 0.130. The van der Waals surface area contributed by atoms with Gasteiger partial charge >= 0.3 is 5.97 Å². The standard InChI is InChI=1S/C23H20BrClN2O3/c1-30-21(28)14-26-22(15-5-3-2-4-6-15)19-13-17(24)9-12-20(19)27-23(29)16-7-10-18(25)11-8-16/h2-13,22,26H,14H2,1H3,(H,27,29)/t22-/m0/s1. The van der Waals surface area contributed by atoms with Gasteiger partial charge in [-0.25, -0.2) is 0 Å². The minimum absolute atomic E-state index is 0.0210. The number of nitrogens with one attached hydrogen (secondary N) is 2. The van der Waals surface area contributed by atoms with E-state index in [4.69, 9.17) is 16.3 Å². The lowest BCUT2D eigenvalue weighted by atomic mass is 9.96. The maximum Gasteiger partial charge on any atom is 0.319 e. The smallest absolute Gasteiger partial charge is 0.319 e. The Morgan fingerprint density at radius 3 is 2.40 bits per heavy atom. The predicted octanol–water partition coefficient (Wildman–Crippen LogP) is 5.21. The maximum atomic E-state index is 12.8. The van der Waals surface area contributed by atoms with Crippen LogP contribution in [0, 0.1) is 0 Å². The molecule has 7 heteroatoms. The third-order valence-corrected chi connectivity index (χ3v) is 5.24. The Morgan fingerprint density at radius 2 is 1.73 bits per heavy atom. The Balaban J connectivity index is 1.96. The number of esters is 1. The van der Waals surface area contributed by atoms with Crippen molar-refractivity contribution in [3.63, 3.8) is 0 Å². The summed E-state index contributed by atoms with van der Waals surface area (Å²) in [4.78, 5) is 24.5. The number of benzene rings is 3. The molecule has 154 valence electrons. The lowest BCUT2D eigenvalue weighted by Gasteiger charge is -2.23. The Morgan fingerprint density at radius 1 is 1.03 bits per heavy atom. The van der Waals surface area contributed by atoms with Gasteiger partial charge in [0.25, 0.3) is 5.91 Å². The van der Waals surface area contributed by atoms with Gasteiger partial charge < -0.3 is 10.1 Å². The zero-order valence-electron chi connectivity index (χ0n) is 16.2. The minimum Gasteiger partial charge on any atom is -0.468 e. The lowest BCUT2D eigenvalue weighted by molar-refractivity contribution is -0.139. The summed E-state index contributed by atoms with van der Waals surface area (Å²) < 4.78 is 5.62. The van der Waals surface area contributed by atoms with Crippen molar-refractivity contribution in [2.45, 2.75) is 6.04 Å². The summed E-state index contributed by atoms with van der Waals surface area (Å²) in [7, 11) is 1.35. The molecular formula is C23H20BrClN2O3. The number of carbonyl (C=O) groups excluding carboxylic acids is 2. The van der Waals surface area contributed by atoms with E-state index in [2.05, 4.69) is 26.6 Å². The number of ether oxygens (including phenoxy) is 1. The van der Waals surface area contributed by atoms with Gasteiger partial charge in [-0.15, -0.1) is 0 Å². The molecule has 0 aliphatic carbocycles. The molecule has 0 heterocycles. The summed E-state index contributed by atoms with van der Waals surface area (Å²) in [5.74, 6) is -0.632. The summed E-state index contributed by atoms with van der Waals surface area (Å²) in [6.45, 7) is 0.0210. The Hall–Kier alpha value is -2.67. The molecule has 0 unspecified atom stereocenters. The summed E-state index contributed by atoms with van der Waals surface area (Å²) in [5.41, 5.74) is 2.87. The zero-order valence-corrected chi connectivity index (χ0v) is 18.5. The van der Waals surface area contributed by atoms with Crippen molar-refractivity contribution in [2.75, 3.05) is 19.0 Å². The Bertz CT molecular complexity index is 1030. The molecule has 3 aromatic carbocycles.